The van der Waals surface area contributed by atoms with E-state index in [0.29, 0.717) is 27.6 Å². The standard InChI is InChI=1S/C36H27O5S2.F6P/c1-23-8-13-27(14-9-23)43(28-15-10-25(11-16-28)35(38)24-6-4-3-5-7-24)29-17-19-33-31(21-29)36(39)30-20-26(12-18-32(30)42-33)41-22-34(37)40-2;1-7(2,3,4,5)6/h3-21H,22H2,1-2H3;/q+1;-1. The number of methoxy groups -OCH3 is 1. The summed E-state index contributed by atoms with van der Waals surface area (Å²) in [6, 6.07) is 36.8. The van der Waals surface area contributed by atoms with Gasteiger partial charge < -0.3 is 9.47 Å². The average molecular weight is 749 g/mol. The molecule has 260 valence electrons. The summed E-state index contributed by atoms with van der Waals surface area (Å²) in [5.41, 5.74) is 2.35. The van der Waals surface area contributed by atoms with Crippen LogP contribution in [0.2, 0.25) is 0 Å². The van der Waals surface area contributed by atoms with E-state index in [2.05, 4.69) is 42.0 Å². The van der Waals surface area contributed by atoms with Crippen molar-refractivity contribution < 1.29 is 44.2 Å². The summed E-state index contributed by atoms with van der Waals surface area (Å²) in [5, 5.41) is 1.16. The third kappa shape index (κ3) is 9.93. The number of hydrogen-bond donors (Lipinski definition) is 0. The molecule has 1 atom stereocenters. The van der Waals surface area contributed by atoms with Gasteiger partial charge in [0.05, 0.1) is 18.0 Å². The van der Waals surface area contributed by atoms with Gasteiger partial charge in [-0.25, -0.2) is 4.79 Å². The van der Waals surface area contributed by atoms with Crippen LogP contribution >= 0.6 is 19.1 Å². The summed E-state index contributed by atoms with van der Waals surface area (Å²) in [6.07, 6.45) is 0. The molecule has 0 aliphatic rings. The van der Waals surface area contributed by atoms with Crippen LogP contribution in [-0.4, -0.2) is 25.5 Å². The van der Waals surface area contributed by atoms with Crippen molar-refractivity contribution in [3.63, 3.8) is 0 Å². The van der Waals surface area contributed by atoms with Gasteiger partial charge in [0, 0.05) is 37.4 Å². The summed E-state index contributed by atoms with van der Waals surface area (Å²) < 4.78 is 71.1. The molecule has 0 aliphatic carbocycles. The number of halogens is 6. The van der Waals surface area contributed by atoms with E-state index in [-0.39, 0.29) is 17.8 Å². The molecule has 14 heteroatoms. The molecule has 0 bridgehead atoms. The second-order valence-electron chi connectivity index (χ2n) is 10.9. The predicted molar refractivity (Wildman–Crippen MR) is 186 cm³/mol. The minimum absolute atomic E-state index is 0.0210. The first-order chi connectivity index (χ1) is 23.4. The fraction of sp³-hybridized carbons (Fsp3) is 0.0833. The number of carbonyl (C=O) groups excluding carboxylic acids is 2. The van der Waals surface area contributed by atoms with Crippen molar-refractivity contribution in [2.75, 3.05) is 13.7 Å². The zero-order valence-corrected chi connectivity index (χ0v) is 28.8. The molecule has 0 aliphatic heterocycles. The van der Waals surface area contributed by atoms with E-state index in [1.807, 2.05) is 72.8 Å². The Balaban J connectivity index is 0.000000630. The van der Waals surface area contributed by atoms with Crippen LogP contribution in [0.3, 0.4) is 0 Å². The Labute approximate surface area is 288 Å². The van der Waals surface area contributed by atoms with Gasteiger partial charge >= 0.3 is 39.0 Å². The van der Waals surface area contributed by atoms with Crippen molar-refractivity contribution in [3.8, 4) is 5.75 Å². The van der Waals surface area contributed by atoms with Crippen molar-refractivity contribution >= 4 is 62.0 Å². The zero-order chi connectivity index (χ0) is 36.3. The third-order valence-corrected chi connectivity index (χ3v) is 10.4. The van der Waals surface area contributed by atoms with Crippen LogP contribution in [0.25, 0.3) is 20.2 Å². The first kappa shape index (κ1) is 36.6. The van der Waals surface area contributed by atoms with Gasteiger partial charge in [-0.05, 0) is 73.7 Å². The molecule has 0 saturated carbocycles. The molecule has 0 spiro atoms. The predicted octanol–water partition coefficient (Wildman–Crippen LogP) is 11.0. The van der Waals surface area contributed by atoms with E-state index in [4.69, 9.17) is 4.74 Å². The van der Waals surface area contributed by atoms with Gasteiger partial charge in [-0.2, -0.15) is 0 Å². The number of ketones is 1. The zero-order valence-electron chi connectivity index (χ0n) is 26.2. The Hall–Kier alpha value is -4.71. The Kier molecular flexibility index (Phi) is 9.90. The Morgan fingerprint density at radius 2 is 1.18 bits per heavy atom. The van der Waals surface area contributed by atoms with Gasteiger partial charge in [-0.15, -0.1) is 11.3 Å². The molecule has 0 fully saturated rings. The first-order valence-corrected chi connectivity index (χ1v) is 18.7. The number of aryl methyl sites for hydroxylation is 1. The Bertz CT molecular complexity index is 2250. The maximum atomic E-state index is 13.8. The molecule has 5 aromatic carbocycles. The molecule has 1 aromatic heterocycles. The van der Waals surface area contributed by atoms with E-state index in [9.17, 15) is 39.6 Å². The molecule has 0 radical (unpaired) electrons. The van der Waals surface area contributed by atoms with Gasteiger partial charge in [0.2, 0.25) is 0 Å². The van der Waals surface area contributed by atoms with Crippen LogP contribution in [0.1, 0.15) is 21.5 Å². The normalized spacial score (nSPS) is 13.4. The number of carbonyl (C=O) groups is 2. The fourth-order valence-electron chi connectivity index (χ4n) is 4.81. The maximum absolute atomic E-state index is 13.8. The van der Waals surface area contributed by atoms with Crippen LogP contribution in [0.15, 0.2) is 135 Å². The molecule has 0 N–H and O–H groups in total. The van der Waals surface area contributed by atoms with E-state index in [1.165, 1.54) is 18.4 Å². The van der Waals surface area contributed by atoms with Crippen molar-refractivity contribution in [3.05, 3.63) is 142 Å². The van der Waals surface area contributed by atoms with Crippen LogP contribution in [0, 0.1) is 6.92 Å². The number of esters is 1. The van der Waals surface area contributed by atoms with Crippen LogP contribution < -0.4 is 10.2 Å². The molecule has 6 aromatic rings. The Morgan fingerprint density at radius 3 is 1.76 bits per heavy atom. The molecule has 6 rings (SSSR count). The number of benzene rings is 5. The van der Waals surface area contributed by atoms with E-state index in [0.717, 1.165) is 29.6 Å². The molecule has 1 heterocycles. The summed E-state index contributed by atoms with van der Waals surface area (Å²) in [7, 11) is -9.88. The van der Waals surface area contributed by atoms with Crippen molar-refractivity contribution in [1.29, 1.82) is 0 Å². The molecule has 1 unspecified atom stereocenters. The van der Waals surface area contributed by atoms with Gasteiger partial charge in [0.15, 0.2) is 32.5 Å². The van der Waals surface area contributed by atoms with Crippen LogP contribution in [-0.2, 0) is 20.4 Å². The number of hydrogen-bond acceptors (Lipinski definition) is 6. The first-order valence-electron chi connectivity index (χ1n) is 14.6. The van der Waals surface area contributed by atoms with Crippen molar-refractivity contribution in [2.24, 2.45) is 0 Å². The minimum atomic E-state index is -10.7. The van der Waals surface area contributed by atoms with E-state index in [1.54, 1.807) is 12.1 Å². The Morgan fingerprint density at radius 1 is 0.680 bits per heavy atom. The monoisotopic (exact) mass is 748 g/mol. The summed E-state index contributed by atoms with van der Waals surface area (Å²) >= 11 is 1.54. The van der Waals surface area contributed by atoms with E-state index >= 15 is 0 Å². The average Bonchev–Trinajstić information content (AvgIpc) is 3.07. The summed E-state index contributed by atoms with van der Waals surface area (Å²) in [4.78, 5) is 41.5. The molecular formula is C36H27F6O5PS2. The fourth-order valence-corrected chi connectivity index (χ4v) is 7.92. The molecular weight excluding hydrogens is 721 g/mol. The number of ether oxygens (including phenoxy) is 2. The second-order valence-corrected chi connectivity index (χ2v) is 15.9. The number of fused-ring (bicyclic) bond motifs is 2. The topological polar surface area (TPSA) is 69.7 Å². The van der Waals surface area contributed by atoms with Gasteiger partial charge in [-0.3, -0.25) is 9.59 Å². The molecule has 0 saturated heterocycles. The summed E-state index contributed by atoms with van der Waals surface area (Å²) in [5.74, 6) is -0.0800. The van der Waals surface area contributed by atoms with Crippen molar-refractivity contribution in [1.82, 2.24) is 0 Å². The molecule has 50 heavy (non-hydrogen) atoms. The van der Waals surface area contributed by atoms with Crippen LogP contribution in [0.4, 0.5) is 25.2 Å². The van der Waals surface area contributed by atoms with E-state index < -0.39 is 24.7 Å². The van der Waals surface area contributed by atoms with Gasteiger partial charge in [0.25, 0.3) is 0 Å². The van der Waals surface area contributed by atoms with Crippen LogP contribution in [0.5, 0.6) is 5.75 Å². The number of rotatable bonds is 8. The van der Waals surface area contributed by atoms with Crippen molar-refractivity contribution in [2.45, 2.75) is 21.6 Å². The molecule has 5 nitrogen and oxygen atoms in total. The second kappa shape index (κ2) is 13.5. The summed E-state index contributed by atoms with van der Waals surface area (Å²) in [6.45, 7) is 1.83. The SMILES string of the molecule is COC(=O)COc1ccc2sc3ccc([S+](c4ccc(C)cc4)c4ccc(C(=O)c5ccccc5)cc4)cc3c(=O)c2c1.F[P-](F)(F)(F)(F)F. The third-order valence-electron chi connectivity index (χ3n) is 7.08. The quantitative estimate of drug-likeness (QED) is 0.0387. The van der Waals surface area contributed by atoms with Gasteiger partial charge in [0.1, 0.15) is 5.75 Å². The van der Waals surface area contributed by atoms with Gasteiger partial charge in [-0.1, -0.05) is 48.0 Å². The molecule has 0 amide bonds.